The standard InChI is InChI=1S/C23H26N4O3/c1-15-4-9-20(16(2)14-15)24-23(28)27-12-10-18(11-13-27)22-25-21(26-30-22)17-5-7-19(29-3)8-6-17/h4-9,14,18H,10-13H2,1-3H3,(H,24,28). The molecule has 0 saturated carbocycles. The molecule has 3 aromatic rings. The molecule has 0 radical (unpaired) electrons. The molecule has 0 bridgehead atoms. The van der Waals surface area contributed by atoms with Crippen LogP contribution in [0.25, 0.3) is 11.4 Å². The molecule has 0 unspecified atom stereocenters. The first kappa shape index (κ1) is 19.9. The number of benzene rings is 2. The minimum Gasteiger partial charge on any atom is -0.497 e. The van der Waals surface area contributed by atoms with Gasteiger partial charge in [0.15, 0.2) is 0 Å². The summed E-state index contributed by atoms with van der Waals surface area (Å²) in [6, 6.07) is 13.5. The van der Waals surface area contributed by atoms with Gasteiger partial charge in [-0.1, -0.05) is 22.9 Å². The number of nitrogens with one attached hydrogen (secondary N) is 1. The topological polar surface area (TPSA) is 80.5 Å². The molecular weight excluding hydrogens is 380 g/mol. The number of amides is 2. The molecule has 1 fully saturated rings. The van der Waals surface area contributed by atoms with E-state index in [1.54, 1.807) is 7.11 Å². The number of aromatic nitrogens is 2. The van der Waals surface area contributed by atoms with Crippen LogP contribution in [0.15, 0.2) is 47.0 Å². The summed E-state index contributed by atoms with van der Waals surface area (Å²) in [4.78, 5) is 19.1. The minimum absolute atomic E-state index is 0.0649. The largest absolute Gasteiger partial charge is 0.497 e. The number of hydrogen-bond donors (Lipinski definition) is 1. The summed E-state index contributed by atoms with van der Waals surface area (Å²) in [5, 5.41) is 7.15. The first-order valence-electron chi connectivity index (χ1n) is 10.1. The Balaban J connectivity index is 1.35. The van der Waals surface area contributed by atoms with E-state index in [-0.39, 0.29) is 11.9 Å². The number of nitrogens with zero attached hydrogens (tertiary/aromatic N) is 3. The zero-order valence-corrected chi connectivity index (χ0v) is 17.5. The Morgan fingerprint density at radius 3 is 2.53 bits per heavy atom. The summed E-state index contributed by atoms with van der Waals surface area (Å²) >= 11 is 0. The van der Waals surface area contributed by atoms with Gasteiger partial charge in [-0.25, -0.2) is 4.79 Å². The van der Waals surface area contributed by atoms with Crippen molar-refractivity contribution in [3.8, 4) is 17.1 Å². The highest BCUT2D eigenvalue weighted by molar-refractivity contribution is 5.90. The maximum absolute atomic E-state index is 12.6. The summed E-state index contributed by atoms with van der Waals surface area (Å²) < 4.78 is 10.7. The molecule has 156 valence electrons. The number of piperidine rings is 1. The number of ether oxygens (including phenoxy) is 1. The van der Waals surface area contributed by atoms with Gasteiger partial charge >= 0.3 is 6.03 Å². The van der Waals surface area contributed by atoms with Crippen LogP contribution in [0.3, 0.4) is 0 Å². The predicted molar refractivity (Wildman–Crippen MR) is 115 cm³/mol. The number of aryl methyl sites for hydroxylation is 2. The highest BCUT2D eigenvalue weighted by atomic mass is 16.5. The third-order valence-corrected chi connectivity index (χ3v) is 5.54. The molecule has 2 heterocycles. The molecule has 0 aliphatic carbocycles. The summed E-state index contributed by atoms with van der Waals surface area (Å²) in [6.45, 7) is 5.36. The molecule has 2 amide bonds. The van der Waals surface area contributed by atoms with E-state index in [0.717, 1.165) is 35.4 Å². The smallest absolute Gasteiger partial charge is 0.321 e. The molecule has 4 rings (SSSR count). The van der Waals surface area contributed by atoms with Crippen molar-refractivity contribution in [2.75, 3.05) is 25.5 Å². The van der Waals surface area contributed by atoms with Gasteiger partial charge in [0.05, 0.1) is 7.11 Å². The molecule has 30 heavy (non-hydrogen) atoms. The van der Waals surface area contributed by atoms with E-state index in [0.29, 0.717) is 24.8 Å². The molecule has 1 aromatic heterocycles. The fourth-order valence-corrected chi connectivity index (χ4v) is 3.74. The Hall–Kier alpha value is -3.35. The lowest BCUT2D eigenvalue weighted by Gasteiger charge is -2.30. The summed E-state index contributed by atoms with van der Waals surface area (Å²) in [5.41, 5.74) is 3.99. The molecule has 7 nitrogen and oxygen atoms in total. The van der Waals surface area contributed by atoms with Gasteiger partial charge in [0.1, 0.15) is 5.75 Å². The quantitative estimate of drug-likeness (QED) is 0.675. The van der Waals surface area contributed by atoms with Crippen molar-refractivity contribution in [3.05, 3.63) is 59.5 Å². The average Bonchev–Trinajstić information content (AvgIpc) is 3.26. The third kappa shape index (κ3) is 4.30. The number of anilines is 1. The molecule has 1 aliphatic heterocycles. The zero-order valence-electron chi connectivity index (χ0n) is 17.5. The third-order valence-electron chi connectivity index (χ3n) is 5.54. The van der Waals surface area contributed by atoms with Crippen molar-refractivity contribution in [1.82, 2.24) is 15.0 Å². The highest BCUT2D eigenvalue weighted by Gasteiger charge is 2.28. The van der Waals surface area contributed by atoms with Gasteiger partial charge in [-0.05, 0) is 62.6 Å². The van der Waals surface area contributed by atoms with Gasteiger partial charge in [0.2, 0.25) is 11.7 Å². The highest BCUT2D eigenvalue weighted by Crippen LogP contribution is 2.29. The average molecular weight is 406 g/mol. The monoisotopic (exact) mass is 406 g/mol. The van der Waals surface area contributed by atoms with Crippen molar-refractivity contribution < 1.29 is 14.1 Å². The number of likely N-dealkylation sites (tertiary alicyclic amines) is 1. The van der Waals surface area contributed by atoms with Gasteiger partial charge in [0.25, 0.3) is 0 Å². The van der Waals surface area contributed by atoms with Gasteiger partial charge in [-0.2, -0.15) is 4.98 Å². The molecular formula is C23H26N4O3. The number of urea groups is 1. The second-order valence-corrected chi connectivity index (χ2v) is 7.69. The Morgan fingerprint density at radius 2 is 1.87 bits per heavy atom. The second kappa shape index (κ2) is 8.57. The Kier molecular flexibility index (Phi) is 5.70. The lowest BCUT2D eigenvalue weighted by atomic mass is 9.97. The van der Waals surface area contributed by atoms with Crippen molar-refractivity contribution in [3.63, 3.8) is 0 Å². The van der Waals surface area contributed by atoms with Crippen LogP contribution in [0, 0.1) is 13.8 Å². The Bertz CT molecular complexity index is 1020. The van der Waals surface area contributed by atoms with Crippen molar-refractivity contribution in [1.29, 1.82) is 0 Å². The summed E-state index contributed by atoms with van der Waals surface area (Å²) in [7, 11) is 1.63. The molecule has 0 atom stereocenters. The fraction of sp³-hybridized carbons (Fsp3) is 0.348. The Labute approximate surface area is 176 Å². The summed E-state index contributed by atoms with van der Waals surface area (Å²) in [6.07, 6.45) is 1.59. The lowest BCUT2D eigenvalue weighted by molar-refractivity contribution is 0.187. The van der Waals surface area contributed by atoms with Crippen molar-refractivity contribution >= 4 is 11.7 Å². The number of hydrogen-bond acceptors (Lipinski definition) is 5. The van der Waals surface area contributed by atoms with Gasteiger partial charge < -0.3 is 19.5 Å². The minimum atomic E-state index is -0.0649. The normalized spacial score (nSPS) is 14.6. The maximum Gasteiger partial charge on any atom is 0.321 e. The number of rotatable bonds is 4. The van der Waals surface area contributed by atoms with Gasteiger partial charge in [0, 0.05) is 30.3 Å². The molecule has 1 N–H and O–H groups in total. The van der Waals surface area contributed by atoms with Crippen LogP contribution in [0.4, 0.5) is 10.5 Å². The molecule has 7 heteroatoms. The van der Waals surface area contributed by atoms with Crippen LogP contribution in [0.1, 0.15) is 35.8 Å². The van der Waals surface area contributed by atoms with Crippen LogP contribution in [-0.4, -0.2) is 41.3 Å². The second-order valence-electron chi connectivity index (χ2n) is 7.69. The van der Waals surface area contributed by atoms with E-state index in [1.807, 2.05) is 55.1 Å². The SMILES string of the molecule is COc1ccc(-c2noc(C3CCN(C(=O)Nc4ccc(C)cc4C)CC3)n2)cc1. The van der Waals surface area contributed by atoms with E-state index in [1.165, 1.54) is 5.56 Å². The van der Waals surface area contributed by atoms with E-state index in [4.69, 9.17) is 9.26 Å². The van der Waals surface area contributed by atoms with Crippen LogP contribution in [-0.2, 0) is 0 Å². The first-order valence-corrected chi connectivity index (χ1v) is 10.1. The number of methoxy groups -OCH3 is 1. The number of carbonyl (C=O) groups excluding carboxylic acids is 1. The molecule has 2 aromatic carbocycles. The van der Waals surface area contributed by atoms with Gasteiger partial charge in [-0.3, -0.25) is 0 Å². The van der Waals surface area contributed by atoms with Crippen LogP contribution in [0.5, 0.6) is 5.75 Å². The Morgan fingerprint density at radius 1 is 1.13 bits per heavy atom. The summed E-state index contributed by atoms with van der Waals surface area (Å²) in [5.74, 6) is 2.15. The van der Waals surface area contributed by atoms with E-state index in [9.17, 15) is 4.79 Å². The number of carbonyl (C=O) groups is 1. The van der Waals surface area contributed by atoms with Crippen LogP contribution >= 0.6 is 0 Å². The predicted octanol–water partition coefficient (Wildman–Crippen LogP) is 4.77. The maximum atomic E-state index is 12.6. The van der Waals surface area contributed by atoms with E-state index in [2.05, 4.69) is 21.5 Å². The van der Waals surface area contributed by atoms with E-state index >= 15 is 0 Å². The molecule has 1 saturated heterocycles. The molecule has 1 aliphatic rings. The van der Waals surface area contributed by atoms with Gasteiger partial charge in [-0.15, -0.1) is 0 Å². The van der Waals surface area contributed by atoms with Crippen molar-refractivity contribution in [2.24, 2.45) is 0 Å². The fourth-order valence-electron chi connectivity index (χ4n) is 3.74. The first-order chi connectivity index (χ1) is 14.5. The van der Waals surface area contributed by atoms with Crippen LogP contribution < -0.4 is 10.1 Å². The zero-order chi connectivity index (χ0) is 21.1. The molecule has 0 spiro atoms. The van der Waals surface area contributed by atoms with Crippen molar-refractivity contribution in [2.45, 2.75) is 32.6 Å². The van der Waals surface area contributed by atoms with E-state index < -0.39 is 0 Å². The lowest BCUT2D eigenvalue weighted by Crippen LogP contribution is -2.40. The van der Waals surface area contributed by atoms with Crippen LogP contribution in [0.2, 0.25) is 0 Å².